The van der Waals surface area contributed by atoms with Gasteiger partial charge in [0.2, 0.25) is 0 Å². The molecule has 18 heavy (non-hydrogen) atoms. The summed E-state index contributed by atoms with van der Waals surface area (Å²) >= 11 is 1.85. The van der Waals surface area contributed by atoms with Gasteiger partial charge in [-0.1, -0.05) is 0 Å². The zero-order chi connectivity index (χ0) is 12.2. The van der Waals surface area contributed by atoms with Crippen LogP contribution in [0.3, 0.4) is 0 Å². The van der Waals surface area contributed by atoms with E-state index in [9.17, 15) is 4.79 Å². The van der Waals surface area contributed by atoms with Crippen LogP contribution < -0.4 is 3.78 Å². The number of hydrogen-bond acceptors (Lipinski definition) is 2. The van der Waals surface area contributed by atoms with Crippen molar-refractivity contribution in [2.24, 2.45) is 23.2 Å². The molecule has 0 amide bonds. The molecule has 4 saturated carbocycles. The van der Waals surface area contributed by atoms with Crippen LogP contribution in [0.1, 0.15) is 38.5 Å². The van der Waals surface area contributed by atoms with E-state index in [0.29, 0.717) is 4.68 Å². The quantitative estimate of drug-likeness (QED) is 0.781. The molecule has 96 valence electrons. The standard InChI is InChI=1S/C15H18OSSe/c16-14(18-13-2-1-3-17-13)15-7-10-4-11(8-15)6-12(5-10)9-15/h1-3,10-12H,4-9H2. The van der Waals surface area contributed by atoms with E-state index in [1.165, 1.54) is 42.3 Å². The Morgan fingerprint density at radius 2 is 1.78 bits per heavy atom. The molecule has 0 aromatic carbocycles. The van der Waals surface area contributed by atoms with Crippen LogP contribution in [0.15, 0.2) is 17.5 Å². The van der Waals surface area contributed by atoms with Crippen molar-refractivity contribution in [1.29, 1.82) is 0 Å². The molecule has 0 N–H and O–H groups in total. The van der Waals surface area contributed by atoms with Gasteiger partial charge in [0.15, 0.2) is 0 Å². The van der Waals surface area contributed by atoms with Gasteiger partial charge in [-0.25, -0.2) is 0 Å². The molecule has 1 heterocycles. The number of carbonyl (C=O) groups is 1. The van der Waals surface area contributed by atoms with Crippen LogP contribution in [0.25, 0.3) is 0 Å². The SMILES string of the molecule is O=C([Se]c1cccs1)C12CC3CC(CC(C3)C1)C2. The number of carbonyl (C=O) groups excluding carboxylic acids is 1. The van der Waals surface area contributed by atoms with Crippen molar-refractivity contribution < 1.29 is 4.79 Å². The molecule has 1 aromatic heterocycles. The second-order valence-electron chi connectivity index (χ2n) is 6.52. The summed E-state index contributed by atoms with van der Waals surface area (Å²) in [6.45, 7) is 0. The van der Waals surface area contributed by atoms with Crippen molar-refractivity contribution in [3.63, 3.8) is 0 Å². The molecule has 4 bridgehead atoms. The Balaban J connectivity index is 1.58. The van der Waals surface area contributed by atoms with Crippen LogP contribution in [0.4, 0.5) is 0 Å². The van der Waals surface area contributed by atoms with E-state index in [0.717, 1.165) is 17.8 Å². The zero-order valence-corrected chi connectivity index (χ0v) is 13.0. The molecule has 3 heteroatoms. The van der Waals surface area contributed by atoms with Crippen molar-refractivity contribution in [2.75, 3.05) is 0 Å². The minimum absolute atomic E-state index is 0.0832. The first-order valence-corrected chi connectivity index (χ1v) is 9.59. The summed E-state index contributed by atoms with van der Waals surface area (Å²) in [6, 6.07) is 4.22. The van der Waals surface area contributed by atoms with Gasteiger partial charge in [0.1, 0.15) is 0 Å². The molecule has 4 aliphatic carbocycles. The van der Waals surface area contributed by atoms with Crippen LogP contribution >= 0.6 is 11.3 Å². The average Bonchev–Trinajstić information content (AvgIpc) is 2.79. The van der Waals surface area contributed by atoms with Crippen LogP contribution in [-0.2, 0) is 4.79 Å². The van der Waals surface area contributed by atoms with Crippen molar-refractivity contribution in [3.05, 3.63) is 17.5 Å². The second-order valence-corrected chi connectivity index (χ2v) is 10.2. The van der Waals surface area contributed by atoms with Crippen molar-refractivity contribution in [1.82, 2.24) is 0 Å². The van der Waals surface area contributed by atoms with E-state index in [-0.39, 0.29) is 20.4 Å². The van der Waals surface area contributed by atoms with Crippen molar-refractivity contribution in [2.45, 2.75) is 38.5 Å². The fourth-order valence-corrected chi connectivity index (χ4v) is 8.09. The molecule has 4 fully saturated rings. The van der Waals surface area contributed by atoms with E-state index in [4.69, 9.17) is 0 Å². The predicted molar refractivity (Wildman–Crippen MR) is 75.3 cm³/mol. The van der Waals surface area contributed by atoms with Gasteiger partial charge in [-0.15, -0.1) is 0 Å². The Hall–Kier alpha value is -0.111. The summed E-state index contributed by atoms with van der Waals surface area (Å²) in [4.78, 5) is 12.8. The van der Waals surface area contributed by atoms with E-state index in [1.54, 1.807) is 11.3 Å². The maximum absolute atomic E-state index is 12.8. The Labute approximate surface area is 119 Å². The molecule has 0 radical (unpaired) electrons. The molecular weight excluding hydrogens is 307 g/mol. The van der Waals surface area contributed by atoms with Crippen LogP contribution in [-0.4, -0.2) is 19.6 Å². The zero-order valence-electron chi connectivity index (χ0n) is 10.4. The molecule has 0 aliphatic heterocycles. The van der Waals surface area contributed by atoms with Gasteiger partial charge >= 0.3 is 119 Å². The predicted octanol–water partition coefficient (Wildman–Crippen LogP) is 2.82. The summed E-state index contributed by atoms with van der Waals surface area (Å²) in [6.07, 6.45) is 7.97. The molecule has 5 rings (SSSR count). The van der Waals surface area contributed by atoms with E-state index in [2.05, 4.69) is 17.5 Å². The molecule has 0 spiro atoms. The summed E-state index contributed by atoms with van der Waals surface area (Å²) in [5.41, 5.74) is 0.124. The maximum atomic E-state index is 12.8. The topological polar surface area (TPSA) is 17.1 Å². The fourth-order valence-electron chi connectivity index (χ4n) is 4.88. The van der Waals surface area contributed by atoms with Crippen LogP contribution in [0.5, 0.6) is 0 Å². The molecule has 0 unspecified atom stereocenters. The summed E-state index contributed by atoms with van der Waals surface area (Å²) in [5.74, 6) is 2.66. The first-order chi connectivity index (χ1) is 8.73. The third kappa shape index (κ3) is 1.83. The van der Waals surface area contributed by atoms with Crippen LogP contribution in [0, 0.1) is 23.2 Å². The number of hydrogen-bond donors (Lipinski definition) is 0. The molecule has 1 aromatic rings. The van der Waals surface area contributed by atoms with E-state index >= 15 is 0 Å². The van der Waals surface area contributed by atoms with Gasteiger partial charge in [0.25, 0.3) is 0 Å². The molecule has 4 aliphatic rings. The average molecular weight is 325 g/mol. The molecule has 1 nitrogen and oxygen atoms in total. The molecular formula is C15H18OSSe. The Morgan fingerprint density at radius 3 is 2.28 bits per heavy atom. The normalized spacial score (nSPS) is 41.2. The Bertz CT molecular complexity index is 430. The third-order valence-electron chi connectivity index (χ3n) is 5.16. The first kappa shape index (κ1) is 11.7. The summed E-state index contributed by atoms with van der Waals surface area (Å²) in [7, 11) is 0. The number of thiophene rings is 1. The second kappa shape index (κ2) is 4.19. The van der Waals surface area contributed by atoms with Gasteiger partial charge in [0, 0.05) is 0 Å². The van der Waals surface area contributed by atoms with E-state index < -0.39 is 0 Å². The minimum atomic E-state index is 0.0832. The number of rotatable bonds is 3. The van der Waals surface area contributed by atoms with Gasteiger partial charge in [-0.3, -0.25) is 0 Å². The third-order valence-corrected chi connectivity index (χ3v) is 8.86. The Morgan fingerprint density at radius 1 is 1.17 bits per heavy atom. The molecule has 0 saturated heterocycles. The van der Waals surface area contributed by atoms with Gasteiger partial charge in [-0.2, -0.15) is 0 Å². The monoisotopic (exact) mass is 326 g/mol. The summed E-state index contributed by atoms with van der Waals surface area (Å²) in [5, 5.41) is 2.10. The van der Waals surface area contributed by atoms with Gasteiger partial charge in [0.05, 0.1) is 0 Å². The van der Waals surface area contributed by atoms with Crippen molar-refractivity contribution in [3.8, 4) is 0 Å². The Kier molecular flexibility index (Phi) is 2.72. The molecule has 0 atom stereocenters. The fraction of sp³-hybridized carbons (Fsp3) is 0.667. The van der Waals surface area contributed by atoms with Gasteiger partial charge < -0.3 is 0 Å². The van der Waals surface area contributed by atoms with Gasteiger partial charge in [-0.05, 0) is 0 Å². The van der Waals surface area contributed by atoms with Crippen LogP contribution in [0.2, 0.25) is 0 Å². The first-order valence-electron chi connectivity index (χ1n) is 6.99. The van der Waals surface area contributed by atoms with E-state index in [1.807, 2.05) is 0 Å². The summed E-state index contributed by atoms with van der Waals surface area (Å²) < 4.78 is 1.94. The van der Waals surface area contributed by atoms with Crippen molar-refractivity contribution >= 4 is 34.8 Å².